The number of hydrogen-bond donors (Lipinski definition) is 7. The van der Waals surface area contributed by atoms with Crippen molar-refractivity contribution in [2.75, 3.05) is 31.7 Å². The SMILES string of the molecule is Cc1ncn(C2CCC(CCCC[C@H]3O[C@@H]([N+](C)(CCOc4ccc(Cl)cc4)c4c(N)nc(N)[nH]c4=O)[C@](C)(O)C3O)O2)c1/N=C(/N)NC=O. The molecule has 272 valence electrons. The number of aliphatic imine (C=N–C) groups is 1. The van der Waals surface area contributed by atoms with E-state index in [0.717, 1.165) is 25.7 Å². The monoisotopic (exact) mass is 717 g/mol. The van der Waals surface area contributed by atoms with E-state index in [1.165, 1.54) is 6.92 Å². The summed E-state index contributed by atoms with van der Waals surface area (Å²) in [5.74, 6) is 0.747. The molecule has 4 heterocycles. The van der Waals surface area contributed by atoms with Gasteiger partial charge >= 0.3 is 5.56 Å². The van der Waals surface area contributed by atoms with Crippen molar-refractivity contribution in [3.63, 3.8) is 0 Å². The number of ether oxygens (including phenoxy) is 3. The number of aliphatic hydroxyl groups excluding tert-OH is 1. The molecule has 0 spiro atoms. The number of nitrogens with one attached hydrogen (secondary N) is 2. The second-order valence-corrected chi connectivity index (χ2v) is 13.5. The number of halogens is 1. The molecule has 17 nitrogen and oxygen atoms in total. The maximum absolute atomic E-state index is 13.3. The molecule has 5 rings (SSSR count). The van der Waals surface area contributed by atoms with Gasteiger partial charge in [-0.15, -0.1) is 0 Å². The second kappa shape index (κ2) is 15.3. The highest BCUT2D eigenvalue weighted by atomic mass is 35.5. The molecule has 3 aromatic rings. The number of rotatable bonds is 14. The Labute approximate surface area is 294 Å². The molecule has 2 aliphatic heterocycles. The predicted molar refractivity (Wildman–Crippen MR) is 188 cm³/mol. The molecule has 2 saturated heterocycles. The Hall–Kier alpha value is -4.26. The topological polar surface area (TPSA) is 251 Å². The number of benzene rings is 1. The van der Waals surface area contributed by atoms with Crippen LogP contribution in [0.3, 0.4) is 0 Å². The van der Waals surface area contributed by atoms with Gasteiger partial charge in [-0.25, -0.2) is 4.98 Å². The zero-order chi connectivity index (χ0) is 36.2. The standard InChI is InChI=1S/C32H45ClN10O7/c1-18-27(40-30(35)38-17-44)42(16-37-18)23-13-12-21(49-23)6-4-5-7-22-25(45)32(2,47)29(50-22)43(3,24-26(34)39-31(36)41-28(24)46)14-15-48-20-10-8-19(33)9-11-20/h8-11,16-17,21-23,25,29,45,47H,4-7,12-15H2,1-3H3,(H7-,34,35,36,38,39,40,41,44,46)/p+1/t21?,22-,23?,25?,29-,32-,43?/m1/s1. The van der Waals surface area contributed by atoms with E-state index in [1.807, 2.05) is 4.57 Å². The first-order valence-electron chi connectivity index (χ1n) is 16.4. The van der Waals surface area contributed by atoms with Crippen molar-refractivity contribution >= 4 is 47.2 Å². The fraction of sp³-hybridized carbons (Fsp3) is 0.531. The summed E-state index contributed by atoms with van der Waals surface area (Å²) < 4.78 is 20.1. The van der Waals surface area contributed by atoms with E-state index in [1.54, 1.807) is 44.6 Å². The molecule has 18 heteroatoms. The van der Waals surface area contributed by atoms with Crippen LogP contribution in [0, 0.1) is 6.92 Å². The summed E-state index contributed by atoms with van der Waals surface area (Å²) in [4.78, 5) is 39.2. The number of likely N-dealkylation sites (N-methyl/N-ethyl adjacent to an activating group) is 1. The summed E-state index contributed by atoms with van der Waals surface area (Å²) in [6.07, 6.45) is 2.94. The minimum absolute atomic E-state index is 0.0106. The zero-order valence-corrected chi connectivity index (χ0v) is 29.0. The van der Waals surface area contributed by atoms with Crippen LogP contribution in [0.15, 0.2) is 40.4 Å². The van der Waals surface area contributed by atoms with Crippen LogP contribution in [-0.4, -0.2) is 92.4 Å². The van der Waals surface area contributed by atoms with Crippen LogP contribution in [0.1, 0.15) is 57.4 Å². The van der Waals surface area contributed by atoms with Gasteiger partial charge in [-0.1, -0.05) is 24.4 Å². The minimum atomic E-state index is -1.78. The van der Waals surface area contributed by atoms with Crippen molar-refractivity contribution in [3.05, 3.63) is 51.7 Å². The number of H-pyrrole nitrogens is 1. The number of nitrogens with zero attached hydrogens (tertiary/aromatic N) is 5. The summed E-state index contributed by atoms with van der Waals surface area (Å²) in [7, 11) is 1.68. The van der Waals surface area contributed by atoms with E-state index < -0.39 is 29.6 Å². The van der Waals surface area contributed by atoms with Crippen LogP contribution in [0.2, 0.25) is 5.02 Å². The molecule has 10 N–H and O–H groups in total. The number of guanidine groups is 1. The molecule has 7 atom stereocenters. The van der Waals surface area contributed by atoms with Crippen LogP contribution in [0.5, 0.6) is 5.75 Å². The van der Waals surface area contributed by atoms with Crippen molar-refractivity contribution in [1.82, 2.24) is 29.3 Å². The van der Waals surface area contributed by atoms with Gasteiger partial charge in [-0.2, -0.15) is 9.98 Å². The smallest absolute Gasteiger partial charge is 0.316 e. The number of carbonyl (C=O) groups excluding carboxylic acids is 1. The van der Waals surface area contributed by atoms with Gasteiger partial charge < -0.3 is 41.6 Å². The maximum atomic E-state index is 13.3. The van der Waals surface area contributed by atoms with Crippen LogP contribution in [0.25, 0.3) is 0 Å². The van der Waals surface area contributed by atoms with Gasteiger partial charge in [0.25, 0.3) is 0 Å². The first-order chi connectivity index (χ1) is 23.7. The second-order valence-electron chi connectivity index (χ2n) is 13.1. The largest absolute Gasteiger partial charge is 0.488 e. The first-order valence-corrected chi connectivity index (χ1v) is 16.8. The highest BCUT2D eigenvalue weighted by Gasteiger charge is 2.61. The average molecular weight is 718 g/mol. The van der Waals surface area contributed by atoms with Crippen LogP contribution in [-0.2, 0) is 14.3 Å². The highest BCUT2D eigenvalue weighted by molar-refractivity contribution is 6.30. The third-order valence-corrected chi connectivity index (χ3v) is 9.65. The van der Waals surface area contributed by atoms with E-state index in [2.05, 4.69) is 25.3 Å². The van der Waals surface area contributed by atoms with Crippen molar-refractivity contribution < 1.29 is 29.2 Å². The predicted octanol–water partition coefficient (Wildman–Crippen LogP) is 1.58. The number of hydrogen-bond acceptors (Lipinski definition) is 12. The van der Waals surface area contributed by atoms with Crippen LogP contribution < -0.4 is 37.3 Å². The molecule has 0 bridgehead atoms. The molecule has 1 aromatic carbocycles. The van der Waals surface area contributed by atoms with Gasteiger partial charge in [0.05, 0.1) is 31.3 Å². The van der Waals surface area contributed by atoms with Gasteiger partial charge in [-0.3, -0.25) is 28.9 Å². The first kappa shape index (κ1) is 37.0. The number of aliphatic hydroxyl groups is 2. The fourth-order valence-corrected chi connectivity index (χ4v) is 7.02. The van der Waals surface area contributed by atoms with Crippen molar-refractivity contribution in [3.8, 4) is 5.75 Å². The Kier molecular flexibility index (Phi) is 11.3. The number of carbonyl (C=O) groups is 1. The number of nitrogens with two attached hydrogens (primary N) is 3. The quantitative estimate of drug-likeness (QED) is 0.0413. The summed E-state index contributed by atoms with van der Waals surface area (Å²) in [6, 6.07) is 6.82. The molecular formula is C32H46ClN10O7+. The highest BCUT2D eigenvalue weighted by Crippen LogP contribution is 2.41. The lowest BCUT2D eigenvalue weighted by atomic mass is 9.92. The average Bonchev–Trinajstić information content (AvgIpc) is 3.72. The maximum Gasteiger partial charge on any atom is 0.316 e. The molecule has 4 unspecified atom stereocenters. The number of amides is 1. The number of aromatic amines is 1. The number of nitrogen functional groups attached to an aromatic ring is 2. The molecule has 2 aromatic heterocycles. The molecular weight excluding hydrogens is 672 g/mol. The third kappa shape index (κ3) is 7.87. The van der Waals surface area contributed by atoms with Gasteiger partial charge in [0.2, 0.25) is 30.2 Å². The fourth-order valence-electron chi connectivity index (χ4n) is 6.89. The molecule has 0 radical (unpaired) electrons. The van der Waals surface area contributed by atoms with E-state index in [-0.39, 0.29) is 53.4 Å². The molecule has 1 amide bonds. The molecule has 0 saturated carbocycles. The lowest BCUT2D eigenvalue weighted by Crippen LogP contribution is -2.66. The summed E-state index contributed by atoms with van der Waals surface area (Å²) in [5, 5.41) is 26.0. The molecule has 2 fully saturated rings. The van der Waals surface area contributed by atoms with E-state index in [0.29, 0.717) is 41.5 Å². The number of aromatic nitrogens is 4. The van der Waals surface area contributed by atoms with Crippen molar-refractivity contribution in [2.45, 2.75) is 88.7 Å². The van der Waals surface area contributed by atoms with Crippen molar-refractivity contribution in [2.24, 2.45) is 10.7 Å². The minimum Gasteiger partial charge on any atom is -0.488 e. The number of quaternary nitrogens is 1. The normalized spacial score (nSPS) is 26.5. The van der Waals surface area contributed by atoms with E-state index >= 15 is 0 Å². The van der Waals surface area contributed by atoms with Gasteiger partial charge in [0.1, 0.15) is 31.2 Å². The summed E-state index contributed by atoms with van der Waals surface area (Å²) >= 11 is 6.00. The van der Waals surface area contributed by atoms with Gasteiger partial charge in [0, 0.05) is 5.02 Å². The number of imidazole rings is 1. The Morgan fingerprint density at radius 1 is 1.26 bits per heavy atom. The lowest BCUT2D eigenvalue weighted by molar-refractivity contribution is -0.123. The Morgan fingerprint density at radius 2 is 1.98 bits per heavy atom. The third-order valence-electron chi connectivity index (χ3n) is 9.40. The zero-order valence-electron chi connectivity index (χ0n) is 28.3. The number of aryl methyl sites for hydroxylation is 1. The molecule has 0 aliphatic carbocycles. The van der Waals surface area contributed by atoms with E-state index in [9.17, 15) is 19.8 Å². The van der Waals surface area contributed by atoms with Crippen molar-refractivity contribution in [1.29, 1.82) is 0 Å². The Balaban J connectivity index is 1.23. The lowest BCUT2D eigenvalue weighted by Gasteiger charge is -2.42. The van der Waals surface area contributed by atoms with Gasteiger partial charge in [0.15, 0.2) is 17.2 Å². The number of anilines is 2. The van der Waals surface area contributed by atoms with Gasteiger partial charge in [-0.05, 0) is 63.8 Å². The Bertz CT molecular complexity index is 1730. The van der Waals surface area contributed by atoms with E-state index in [4.69, 9.17) is 43.0 Å². The Morgan fingerprint density at radius 3 is 2.68 bits per heavy atom. The number of unbranched alkanes of at least 4 members (excludes halogenated alkanes) is 1. The summed E-state index contributed by atoms with van der Waals surface area (Å²) in [6.45, 7) is 3.49. The van der Waals surface area contributed by atoms with Crippen LogP contribution in [0.4, 0.5) is 23.3 Å². The molecule has 2 aliphatic rings. The van der Waals surface area contributed by atoms with Crippen LogP contribution >= 0.6 is 11.6 Å². The summed E-state index contributed by atoms with van der Waals surface area (Å²) in [5.41, 5.74) is 16.1. The molecule has 50 heavy (non-hydrogen) atoms.